The Morgan fingerprint density at radius 3 is 2.30 bits per heavy atom. The zero-order valence-electron chi connectivity index (χ0n) is 11.9. The van der Waals surface area contributed by atoms with Gasteiger partial charge in [0.1, 0.15) is 0 Å². The summed E-state index contributed by atoms with van der Waals surface area (Å²) in [6.45, 7) is 4.79. The molecule has 3 atom stereocenters. The van der Waals surface area contributed by atoms with E-state index in [1.54, 1.807) is 0 Å². The molecular formula is C12H22N2O5S. The lowest BCUT2D eigenvalue weighted by Gasteiger charge is -2.39. The summed E-state index contributed by atoms with van der Waals surface area (Å²) >= 11 is 0. The van der Waals surface area contributed by atoms with Gasteiger partial charge < -0.3 is 9.84 Å². The van der Waals surface area contributed by atoms with Crippen LogP contribution >= 0.6 is 0 Å². The van der Waals surface area contributed by atoms with Crippen molar-refractivity contribution < 1.29 is 23.1 Å². The molecule has 0 amide bonds. The largest absolute Gasteiger partial charge is 0.481 e. The van der Waals surface area contributed by atoms with Gasteiger partial charge in [0.25, 0.3) is 10.2 Å². The molecule has 2 heterocycles. The molecule has 116 valence electrons. The molecule has 0 aromatic rings. The van der Waals surface area contributed by atoms with Gasteiger partial charge in [0.05, 0.1) is 18.1 Å². The van der Waals surface area contributed by atoms with Crippen LogP contribution in [-0.2, 0) is 19.7 Å². The molecule has 0 aromatic carbocycles. The third-order valence-electron chi connectivity index (χ3n) is 3.77. The Bertz CT molecular complexity index is 456. The molecule has 0 aliphatic carbocycles. The van der Waals surface area contributed by atoms with Crippen molar-refractivity contribution in [3.8, 4) is 0 Å². The van der Waals surface area contributed by atoms with Crippen LogP contribution in [0, 0.1) is 5.92 Å². The van der Waals surface area contributed by atoms with Crippen molar-refractivity contribution in [2.24, 2.45) is 5.92 Å². The van der Waals surface area contributed by atoms with Crippen molar-refractivity contribution in [1.82, 2.24) is 8.61 Å². The highest BCUT2D eigenvalue weighted by molar-refractivity contribution is 7.86. The van der Waals surface area contributed by atoms with E-state index in [-0.39, 0.29) is 18.8 Å². The fourth-order valence-electron chi connectivity index (χ4n) is 2.84. The van der Waals surface area contributed by atoms with Gasteiger partial charge in [-0.1, -0.05) is 0 Å². The molecule has 1 N–H and O–H groups in total. The van der Waals surface area contributed by atoms with Crippen LogP contribution in [0.1, 0.15) is 26.7 Å². The maximum absolute atomic E-state index is 12.6. The maximum atomic E-state index is 12.6. The lowest BCUT2D eigenvalue weighted by molar-refractivity contribution is -0.142. The van der Waals surface area contributed by atoms with E-state index in [9.17, 15) is 13.2 Å². The number of carboxylic acids is 1. The molecule has 2 saturated heterocycles. The molecule has 0 bridgehead atoms. The van der Waals surface area contributed by atoms with Crippen LogP contribution in [0.5, 0.6) is 0 Å². The van der Waals surface area contributed by atoms with Crippen molar-refractivity contribution in [2.75, 3.05) is 26.2 Å². The summed E-state index contributed by atoms with van der Waals surface area (Å²) in [4.78, 5) is 11.1. The number of aliphatic carboxylic acids is 1. The number of morpholine rings is 1. The van der Waals surface area contributed by atoms with Gasteiger partial charge in [-0.05, 0) is 26.7 Å². The van der Waals surface area contributed by atoms with E-state index >= 15 is 0 Å². The van der Waals surface area contributed by atoms with Crippen molar-refractivity contribution in [1.29, 1.82) is 0 Å². The number of piperidine rings is 1. The standard InChI is InChI=1S/C12H22N2O5S/c1-9-6-14(7-10(2)19-9)20(17,18)13-5-3-4-11(8-13)12(15)16/h9-11H,3-8H2,1-2H3,(H,15,16). The Labute approximate surface area is 119 Å². The van der Waals surface area contributed by atoms with Crippen LogP contribution in [0.25, 0.3) is 0 Å². The first-order chi connectivity index (χ1) is 9.30. The lowest BCUT2D eigenvalue weighted by atomic mass is 10.0. The molecule has 8 heteroatoms. The molecule has 0 saturated carbocycles. The first kappa shape index (κ1) is 15.7. The van der Waals surface area contributed by atoms with Crippen LogP contribution in [0.4, 0.5) is 0 Å². The highest BCUT2D eigenvalue weighted by Gasteiger charge is 2.38. The maximum Gasteiger partial charge on any atom is 0.307 e. The van der Waals surface area contributed by atoms with Crippen LogP contribution in [0.3, 0.4) is 0 Å². The van der Waals surface area contributed by atoms with E-state index in [1.165, 1.54) is 8.61 Å². The van der Waals surface area contributed by atoms with Gasteiger partial charge in [-0.2, -0.15) is 17.0 Å². The number of nitrogens with zero attached hydrogens (tertiary/aromatic N) is 2. The zero-order valence-corrected chi connectivity index (χ0v) is 12.7. The Balaban J connectivity index is 2.11. The van der Waals surface area contributed by atoms with Gasteiger partial charge in [-0.3, -0.25) is 4.79 Å². The first-order valence-corrected chi connectivity index (χ1v) is 8.34. The normalized spacial score (nSPS) is 34.0. The smallest absolute Gasteiger partial charge is 0.307 e. The molecule has 2 aliphatic heterocycles. The Morgan fingerprint density at radius 1 is 1.15 bits per heavy atom. The summed E-state index contributed by atoms with van der Waals surface area (Å²) in [5.41, 5.74) is 0. The van der Waals surface area contributed by atoms with Gasteiger partial charge in [0.2, 0.25) is 0 Å². The van der Waals surface area contributed by atoms with Gasteiger partial charge >= 0.3 is 5.97 Å². The second-order valence-electron chi connectivity index (χ2n) is 5.62. The summed E-state index contributed by atoms with van der Waals surface area (Å²) in [6.07, 6.45) is 0.838. The molecule has 0 radical (unpaired) electrons. The van der Waals surface area contributed by atoms with Gasteiger partial charge in [0, 0.05) is 26.2 Å². The fraction of sp³-hybridized carbons (Fsp3) is 0.917. The van der Waals surface area contributed by atoms with E-state index < -0.39 is 22.1 Å². The topological polar surface area (TPSA) is 87.2 Å². The summed E-state index contributed by atoms with van der Waals surface area (Å²) < 4.78 is 33.5. The summed E-state index contributed by atoms with van der Waals surface area (Å²) in [7, 11) is -3.59. The number of hydrogen-bond acceptors (Lipinski definition) is 4. The van der Waals surface area contributed by atoms with Crippen LogP contribution in [0.2, 0.25) is 0 Å². The van der Waals surface area contributed by atoms with E-state index in [0.29, 0.717) is 32.5 Å². The zero-order chi connectivity index (χ0) is 14.9. The van der Waals surface area contributed by atoms with Crippen molar-refractivity contribution in [2.45, 2.75) is 38.9 Å². The average Bonchev–Trinajstić information content (AvgIpc) is 2.37. The van der Waals surface area contributed by atoms with E-state index in [4.69, 9.17) is 9.84 Å². The quantitative estimate of drug-likeness (QED) is 0.801. The summed E-state index contributed by atoms with van der Waals surface area (Å²) in [5.74, 6) is -1.52. The molecular weight excluding hydrogens is 284 g/mol. The minimum Gasteiger partial charge on any atom is -0.481 e. The van der Waals surface area contributed by atoms with Crippen molar-refractivity contribution in [3.63, 3.8) is 0 Å². The molecule has 3 unspecified atom stereocenters. The number of hydrogen-bond donors (Lipinski definition) is 1. The fourth-order valence-corrected chi connectivity index (χ4v) is 4.69. The van der Waals surface area contributed by atoms with E-state index in [1.807, 2.05) is 13.8 Å². The number of ether oxygens (including phenoxy) is 1. The summed E-state index contributed by atoms with van der Waals surface area (Å²) in [5, 5.41) is 9.06. The van der Waals surface area contributed by atoms with Gasteiger partial charge in [0.15, 0.2) is 0 Å². The Hall–Kier alpha value is -0.700. The molecule has 7 nitrogen and oxygen atoms in total. The number of rotatable bonds is 3. The highest BCUT2D eigenvalue weighted by atomic mass is 32.2. The van der Waals surface area contributed by atoms with E-state index in [0.717, 1.165) is 0 Å². The minimum atomic E-state index is -3.59. The Morgan fingerprint density at radius 2 is 1.75 bits per heavy atom. The van der Waals surface area contributed by atoms with Crippen molar-refractivity contribution >= 4 is 16.2 Å². The predicted molar refractivity (Wildman–Crippen MR) is 72.4 cm³/mol. The minimum absolute atomic E-state index is 0.0672. The van der Waals surface area contributed by atoms with E-state index in [2.05, 4.69) is 0 Å². The summed E-state index contributed by atoms with van der Waals surface area (Å²) in [6, 6.07) is 0. The monoisotopic (exact) mass is 306 g/mol. The third kappa shape index (κ3) is 3.30. The van der Waals surface area contributed by atoms with Crippen LogP contribution in [0.15, 0.2) is 0 Å². The van der Waals surface area contributed by atoms with Gasteiger partial charge in [-0.15, -0.1) is 0 Å². The molecule has 0 spiro atoms. The number of carboxylic acid groups (broad SMARTS) is 1. The molecule has 20 heavy (non-hydrogen) atoms. The van der Waals surface area contributed by atoms with Crippen LogP contribution in [-0.4, -0.2) is 66.5 Å². The van der Waals surface area contributed by atoms with Crippen LogP contribution < -0.4 is 0 Å². The SMILES string of the molecule is CC1CN(S(=O)(=O)N2CCCC(C(=O)O)C2)CC(C)O1. The predicted octanol–water partition coefficient (Wildman–Crippen LogP) is 0.137. The Kier molecular flexibility index (Phi) is 4.68. The highest BCUT2D eigenvalue weighted by Crippen LogP contribution is 2.23. The second kappa shape index (κ2) is 5.97. The second-order valence-corrected chi connectivity index (χ2v) is 7.55. The van der Waals surface area contributed by atoms with Gasteiger partial charge in [-0.25, -0.2) is 0 Å². The number of carbonyl (C=O) groups is 1. The molecule has 0 aromatic heterocycles. The first-order valence-electron chi connectivity index (χ1n) is 6.94. The third-order valence-corrected chi connectivity index (χ3v) is 5.71. The van der Waals surface area contributed by atoms with Crippen molar-refractivity contribution in [3.05, 3.63) is 0 Å². The molecule has 2 fully saturated rings. The molecule has 2 aliphatic rings. The average molecular weight is 306 g/mol. The molecule has 2 rings (SSSR count). The lowest BCUT2D eigenvalue weighted by Crippen LogP contribution is -2.55.